The lowest BCUT2D eigenvalue weighted by Crippen LogP contribution is -2.29. The van der Waals surface area contributed by atoms with E-state index in [9.17, 15) is 9.59 Å². The minimum Gasteiger partial charge on any atom is -0.494 e. The second-order valence-electron chi connectivity index (χ2n) is 7.47. The Balaban J connectivity index is 1.45. The van der Waals surface area contributed by atoms with Gasteiger partial charge in [-0.2, -0.15) is 0 Å². The third kappa shape index (κ3) is 4.74. The Hall–Kier alpha value is -3.67. The lowest BCUT2D eigenvalue weighted by Gasteiger charge is -2.18. The van der Waals surface area contributed by atoms with Crippen LogP contribution in [-0.2, 0) is 6.42 Å². The van der Waals surface area contributed by atoms with E-state index < -0.39 is 0 Å². The molecular formula is C25H25N3O3. The Labute approximate surface area is 181 Å². The largest absolute Gasteiger partial charge is 0.494 e. The van der Waals surface area contributed by atoms with Crippen molar-refractivity contribution in [2.24, 2.45) is 0 Å². The minimum atomic E-state index is -0.205. The van der Waals surface area contributed by atoms with Crippen LogP contribution in [0.1, 0.15) is 46.0 Å². The molecule has 6 nitrogen and oxygen atoms in total. The number of fused-ring (bicyclic) bond motifs is 1. The first-order valence-corrected chi connectivity index (χ1v) is 10.5. The highest BCUT2D eigenvalue weighted by atomic mass is 16.5. The van der Waals surface area contributed by atoms with E-state index >= 15 is 0 Å². The highest BCUT2D eigenvalue weighted by Crippen LogP contribution is 2.32. The number of hydrogen-bond donors (Lipinski definition) is 1. The molecule has 158 valence electrons. The van der Waals surface area contributed by atoms with Crippen LogP contribution in [0, 0.1) is 0 Å². The predicted octanol–water partition coefficient (Wildman–Crippen LogP) is 4.72. The number of unbranched alkanes of at least 4 members (excludes halogenated alkanes) is 1. The van der Waals surface area contributed by atoms with Gasteiger partial charge in [0.2, 0.25) is 0 Å². The number of nitrogens with one attached hydrogen (secondary N) is 1. The van der Waals surface area contributed by atoms with E-state index in [4.69, 9.17) is 4.74 Å². The number of nitrogens with zero attached hydrogens (tertiary/aromatic N) is 2. The number of aromatic nitrogens is 1. The van der Waals surface area contributed by atoms with Gasteiger partial charge in [0, 0.05) is 35.9 Å². The second kappa shape index (κ2) is 9.43. The monoisotopic (exact) mass is 415 g/mol. The summed E-state index contributed by atoms with van der Waals surface area (Å²) in [6, 6.07) is 16.3. The molecule has 31 heavy (non-hydrogen) atoms. The summed E-state index contributed by atoms with van der Waals surface area (Å²) in [6.45, 7) is 3.40. The maximum Gasteiger partial charge on any atom is 0.259 e. The summed E-state index contributed by atoms with van der Waals surface area (Å²) in [5, 5.41) is 2.93. The molecule has 0 spiro atoms. The van der Waals surface area contributed by atoms with Gasteiger partial charge in [0.25, 0.3) is 11.8 Å². The van der Waals surface area contributed by atoms with Crippen LogP contribution in [0.15, 0.2) is 67.0 Å². The number of pyridine rings is 1. The van der Waals surface area contributed by atoms with Crippen LogP contribution in [0.2, 0.25) is 0 Å². The van der Waals surface area contributed by atoms with Crippen molar-refractivity contribution in [3.8, 4) is 5.75 Å². The van der Waals surface area contributed by atoms with Crippen molar-refractivity contribution in [3.63, 3.8) is 0 Å². The Kier molecular flexibility index (Phi) is 6.26. The number of hydrogen-bond acceptors (Lipinski definition) is 4. The summed E-state index contributed by atoms with van der Waals surface area (Å²) < 4.78 is 5.65. The Morgan fingerprint density at radius 2 is 1.94 bits per heavy atom. The van der Waals surface area contributed by atoms with Crippen molar-refractivity contribution in [3.05, 3.63) is 83.7 Å². The second-order valence-corrected chi connectivity index (χ2v) is 7.47. The molecule has 0 aliphatic carbocycles. The summed E-state index contributed by atoms with van der Waals surface area (Å²) in [4.78, 5) is 31.3. The zero-order chi connectivity index (χ0) is 21.6. The van der Waals surface area contributed by atoms with E-state index in [1.54, 1.807) is 41.6 Å². The molecule has 2 aromatic carbocycles. The molecular weight excluding hydrogens is 390 g/mol. The van der Waals surface area contributed by atoms with Crippen molar-refractivity contribution in [2.45, 2.75) is 26.2 Å². The van der Waals surface area contributed by atoms with Crippen LogP contribution in [0.3, 0.4) is 0 Å². The zero-order valence-corrected chi connectivity index (χ0v) is 17.5. The maximum absolute atomic E-state index is 12.9. The summed E-state index contributed by atoms with van der Waals surface area (Å²) in [5.41, 5.74) is 3.66. The summed E-state index contributed by atoms with van der Waals surface area (Å²) in [6.07, 6.45) is 6.08. The number of rotatable bonds is 7. The molecule has 1 aliphatic heterocycles. The molecule has 1 aliphatic rings. The third-order valence-corrected chi connectivity index (χ3v) is 5.28. The van der Waals surface area contributed by atoms with Crippen molar-refractivity contribution in [1.29, 1.82) is 0 Å². The zero-order valence-electron chi connectivity index (χ0n) is 17.5. The number of benzene rings is 2. The molecule has 2 amide bonds. The standard InChI is InChI=1S/C25H25N3O3/c1-2-3-15-31-22-10-7-19(8-11-22)24(29)27-21-9-6-18-12-14-28(23(18)16-21)25(30)20-5-4-13-26-17-20/h4-11,13,16-17H,2-3,12,14-15H2,1H3,(H,27,29). The topological polar surface area (TPSA) is 71.5 Å². The molecule has 1 N–H and O–H groups in total. The molecule has 0 fully saturated rings. The van der Waals surface area contributed by atoms with Crippen LogP contribution in [0.4, 0.5) is 11.4 Å². The van der Waals surface area contributed by atoms with Gasteiger partial charge in [-0.1, -0.05) is 19.4 Å². The van der Waals surface area contributed by atoms with Gasteiger partial charge in [-0.05, 0) is 66.9 Å². The number of anilines is 2. The molecule has 4 rings (SSSR count). The molecule has 1 aromatic heterocycles. The van der Waals surface area contributed by atoms with E-state index in [-0.39, 0.29) is 11.8 Å². The van der Waals surface area contributed by atoms with E-state index in [1.165, 1.54) is 0 Å². The lowest BCUT2D eigenvalue weighted by molar-refractivity contribution is 0.0987. The first-order valence-electron chi connectivity index (χ1n) is 10.5. The maximum atomic E-state index is 12.9. The van der Waals surface area contributed by atoms with Gasteiger partial charge < -0.3 is 15.0 Å². The number of amides is 2. The predicted molar refractivity (Wildman–Crippen MR) is 121 cm³/mol. The van der Waals surface area contributed by atoms with E-state index in [0.29, 0.717) is 30.0 Å². The Bertz CT molecular complexity index is 1070. The van der Waals surface area contributed by atoms with Gasteiger partial charge in [0.1, 0.15) is 5.75 Å². The van der Waals surface area contributed by atoms with Crippen LogP contribution < -0.4 is 15.0 Å². The van der Waals surface area contributed by atoms with E-state index in [0.717, 1.165) is 36.3 Å². The normalized spacial score (nSPS) is 12.4. The fourth-order valence-electron chi connectivity index (χ4n) is 3.55. The molecule has 0 unspecified atom stereocenters. The quantitative estimate of drug-likeness (QED) is 0.567. The highest BCUT2D eigenvalue weighted by Gasteiger charge is 2.26. The van der Waals surface area contributed by atoms with Gasteiger partial charge in [-0.15, -0.1) is 0 Å². The van der Waals surface area contributed by atoms with Crippen LogP contribution >= 0.6 is 0 Å². The van der Waals surface area contributed by atoms with Crippen LogP contribution in [0.25, 0.3) is 0 Å². The van der Waals surface area contributed by atoms with Gasteiger partial charge in [-0.25, -0.2) is 0 Å². The first kappa shape index (κ1) is 20.6. The summed E-state index contributed by atoms with van der Waals surface area (Å²) in [5.74, 6) is 0.462. The molecule has 0 bridgehead atoms. The van der Waals surface area contributed by atoms with Gasteiger partial charge in [0.05, 0.1) is 12.2 Å². The summed E-state index contributed by atoms with van der Waals surface area (Å²) >= 11 is 0. The van der Waals surface area contributed by atoms with Crippen LogP contribution in [0.5, 0.6) is 5.75 Å². The minimum absolute atomic E-state index is 0.0889. The van der Waals surface area contributed by atoms with E-state index in [2.05, 4.69) is 17.2 Å². The highest BCUT2D eigenvalue weighted by molar-refractivity contribution is 6.08. The number of ether oxygens (including phenoxy) is 1. The molecule has 0 saturated heterocycles. The Morgan fingerprint density at radius 1 is 1.10 bits per heavy atom. The van der Waals surface area contributed by atoms with Crippen LogP contribution in [-0.4, -0.2) is 29.9 Å². The molecule has 6 heteroatoms. The average Bonchev–Trinajstić information content (AvgIpc) is 3.23. The van der Waals surface area contributed by atoms with Crippen molar-refractivity contribution in [1.82, 2.24) is 4.98 Å². The number of carbonyl (C=O) groups is 2. The van der Waals surface area contributed by atoms with Crippen molar-refractivity contribution in [2.75, 3.05) is 23.4 Å². The SMILES string of the molecule is CCCCOc1ccc(C(=O)Nc2ccc3c(c2)N(C(=O)c2cccnc2)CC3)cc1. The summed E-state index contributed by atoms with van der Waals surface area (Å²) in [7, 11) is 0. The average molecular weight is 415 g/mol. The van der Waals surface area contributed by atoms with E-state index in [1.807, 2.05) is 30.3 Å². The smallest absolute Gasteiger partial charge is 0.259 e. The first-order chi connectivity index (χ1) is 15.2. The third-order valence-electron chi connectivity index (χ3n) is 5.28. The molecule has 3 aromatic rings. The van der Waals surface area contributed by atoms with Gasteiger partial charge >= 0.3 is 0 Å². The van der Waals surface area contributed by atoms with Gasteiger partial charge in [-0.3, -0.25) is 14.6 Å². The van der Waals surface area contributed by atoms with Gasteiger partial charge in [0.15, 0.2) is 0 Å². The fraction of sp³-hybridized carbons (Fsp3) is 0.240. The molecule has 2 heterocycles. The molecule has 0 atom stereocenters. The fourth-order valence-corrected chi connectivity index (χ4v) is 3.55. The van der Waals surface area contributed by atoms with Crippen molar-refractivity contribution < 1.29 is 14.3 Å². The number of carbonyl (C=O) groups excluding carboxylic acids is 2. The Morgan fingerprint density at radius 3 is 2.68 bits per heavy atom. The molecule has 0 saturated carbocycles. The lowest BCUT2D eigenvalue weighted by atomic mass is 10.1. The van der Waals surface area contributed by atoms with Crippen molar-refractivity contribution >= 4 is 23.2 Å². The molecule has 0 radical (unpaired) electrons.